The van der Waals surface area contributed by atoms with E-state index in [0.29, 0.717) is 0 Å². The zero-order valence-corrected chi connectivity index (χ0v) is 12.7. The summed E-state index contributed by atoms with van der Waals surface area (Å²) in [5.74, 6) is 0.927. The molecule has 0 saturated heterocycles. The van der Waals surface area contributed by atoms with Crippen LogP contribution >= 0.6 is 0 Å². The Hall–Kier alpha value is -1.02. The molecule has 0 aliphatic heterocycles. The average molecular weight is 261 g/mol. The lowest BCUT2D eigenvalue weighted by Gasteiger charge is -2.48. The van der Waals surface area contributed by atoms with Gasteiger partial charge in [0.05, 0.1) is 6.10 Å². The van der Waals surface area contributed by atoms with Crippen LogP contribution in [0.3, 0.4) is 0 Å². The molecule has 2 rings (SSSR count). The molecule has 2 heteroatoms. The number of hydrogen-bond acceptors (Lipinski definition) is 2. The molecule has 1 aliphatic rings. The first kappa shape index (κ1) is 14.4. The van der Waals surface area contributed by atoms with Crippen LogP contribution in [0.25, 0.3) is 0 Å². The first-order chi connectivity index (χ1) is 8.85. The summed E-state index contributed by atoms with van der Waals surface area (Å²) in [6.07, 6.45) is 5.01. The summed E-state index contributed by atoms with van der Waals surface area (Å²) in [5.41, 5.74) is 7.96. The largest absolute Gasteiger partial charge is 0.491 e. The van der Waals surface area contributed by atoms with Crippen molar-refractivity contribution in [1.29, 1.82) is 0 Å². The molecule has 1 unspecified atom stereocenters. The molecule has 0 aromatic heterocycles. The topological polar surface area (TPSA) is 35.2 Å². The van der Waals surface area contributed by atoms with Crippen LogP contribution in [0.1, 0.15) is 58.9 Å². The van der Waals surface area contributed by atoms with Crippen molar-refractivity contribution < 1.29 is 4.74 Å². The van der Waals surface area contributed by atoms with E-state index in [1.807, 2.05) is 13.8 Å². The second-order valence-corrected chi connectivity index (χ2v) is 6.75. The van der Waals surface area contributed by atoms with Gasteiger partial charge in [-0.05, 0) is 49.8 Å². The standard InChI is InChI=1S/C17H27NO/c1-13(2)19-15-9-7-14(8-10-15)17(18)12-6-5-11-16(17,3)4/h7-10,13H,5-6,11-12,18H2,1-4H3. The van der Waals surface area contributed by atoms with E-state index in [-0.39, 0.29) is 17.1 Å². The SMILES string of the molecule is CC(C)Oc1ccc(C2(N)CCCCC2(C)C)cc1. The van der Waals surface area contributed by atoms with Gasteiger partial charge in [0.25, 0.3) is 0 Å². The minimum atomic E-state index is -0.207. The van der Waals surface area contributed by atoms with Crippen LogP contribution in [-0.4, -0.2) is 6.10 Å². The fourth-order valence-electron chi connectivity index (χ4n) is 3.17. The smallest absolute Gasteiger partial charge is 0.119 e. The fourth-order valence-corrected chi connectivity index (χ4v) is 3.17. The summed E-state index contributed by atoms with van der Waals surface area (Å²) >= 11 is 0. The molecular formula is C17H27NO. The summed E-state index contributed by atoms with van der Waals surface area (Å²) in [7, 11) is 0. The molecule has 0 bridgehead atoms. The van der Waals surface area contributed by atoms with Crippen molar-refractivity contribution in [1.82, 2.24) is 0 Å². The number of benzene rings is 1. The van der Waals surface area contributed by atoms with Crippen LogP contribution in [0, 0.1) is 5.41 Å². The molecule has 2 nitrogen and oxygen atoms in total. The number of ether oxygens (including phenoxy) is 1. The van der Waals surface area contributed by atoms with E-state index in [0.717, 1.165) is 12.2 Å². The van der Waals surface area contributed by atoms with E-state index >= 15 is 0 Å². The first-order valence-electron chi connectivity index (χ1n) is 7.41. The van der Waals surface area contributed by atoms with E-state index in [4.69, 9.17) is 10.5 Å². The minimum Gasteiger partial charge on any atom is -0.491 e. The third kappa shape index (κ3) is 2.79. The summed E-state index contributed by atoms with van der Waals surface area (Å²) in [6.45, 7) is 8.68. The molecule has 19 heavy (non-hydrogen) atoms. The lowest BCUT2D eigenvalue weighted by Crippen LogP contribution is -2.51. The van der Waals surface area contributed by atoms with Gasteiger partial charge in [0.1, 0.15) is 5.75 Å². The average Bonchev–Trinajstić information content (AvgIpc) is 2.33. The molecule has 1 fully saturated rings. The highest BCUT2D eigenvalue weighted by molar-refractivity contribution is 5.33. The van der Waals surface area contributed by atoms with Gasteiger partial charge in [-0.1, -0.05) is 38.8 Å². The van der Waals surface area contributed by atoms with Crippen molar-refractivity contribution in [2.45, 2.75) is 65.0 Å². The molecule has 0 spiro atoms. The molecule has 1 aromatic rings. The van der Waals surface area contributed by atoms with Gasteiger partial charge in [-0.3, -0.25) is 0 Å². The molecule has 2 N–H and O–H groups in total. The van der Waals surface area contributed by atoms with E-state index in [2.05, 4.69) is 38.1 Å². The van der Waals surface area contributed by atoms with Gasteiger partial charge in [-0.25, -0.2) is 0 Å². The van der Waals surface area contributed by atoms with Gasteiger partial charge in [0.2, 0.25) is 0 Å². The number of nitrogens with two attached hydrogens (primary N) is 1. The van der Waals surface area contributed by atoms with E-state index in [1.165, 1.54) is 24.8 Å². The summed E-state index contributed by atoms with van der Waals surface area (Å²) < 4.78 is 5.70. The Morgan fingerprint density at radius 1 is 1.05 bits per heavy atom. The van der Waals surface area contributed by atoms with Crippen molar-refractivity contribution >= 4 is 0 Å². The summed E-state index contributed by atoms with van der Waals surface area (Å²) in [6, 6.07) is 8.39. The first-order valence-corrected chi connectivity index (χ1v) is 7.41. The van der Waals surface area contributed by atoms with Gasteiger partial charge >= 0.3 is 0 Å². The van der Waals surface area contributed by atoms with Crippen LogP contribution < -0.4 is 10.5 Å². The quantitative estimate of drug-likeness (QED) is 0.883. The van der Waals surface area contributed by atoms with E-state index in [9.17, 15) is 0 Å². The monoisotopic (exact) mass is 261 g/mol. The van der Waals surface area contributed by atoms with Crippen molar-refractivity contribution in [2.24, 2.45) is 11.1 Å². The van der Waals surface area contributed by atoms with Crippen molar-refractivity contribution in [2.75, 3.05) is 0 Å². The molecule has 1 saturated carbocycles. The molecule has 1 aliphatic carbocycles. The van der Waals surface area contributed by atoms with Crippen molar-refractivity contribution in [3.63, 3.8) is 0 Å². The Bertz CT molecular complexity index is 421. The van der Waals surface area contributed by atoms with Gasteiger partial charge < -0.3 is 10.5 Å². The van der Waals surface area contributed by atoms with Gasteiger partial charge in [-0.2, -0.15) is 0 Å². The highest BCUT2D eigenvalue weighted by atomic mass is 16.5. The molecule has 0 heterocycles. The Labute approximate surface area is 117 Å². The fraction of sp³-hybridized carbons (Fsp3) is 0.647. The maximum Gasteiger partial charge on any atom is 0.119 e. The highest BCUT2D eigenvalue weighted by Gasteiger charge is 2.44. The molecule has 1 aromatic carbocycles. The van der Waals surface area contributed by atoms with Crippen LogP contribution in [0.2, 0.25) is 0 Å². The predicted molar refractivity (Wildman–Crippen MR) is 80.3 cm³/mol. The molecule has 1 atom stereocenters. The second-order valence-electron chi connectivity index (χ2n) is 6.75. The number of rotatable bonds is 3. The maximum absolute atomic E-state index is 6.77. The molecule has 0 amide bonds. The van der Waals surface area contributed by atoms with Gasteiger partial charge in [-0.15, -0.1) is 0 Å². The van der Waals surface area contributed by atoms with Crippen LogP contribution in [0.4, 0.5) is 0 Å². The third-order valence-electron chi connectivity index (χ3n) is 4.57. The normalized spacial score (nSPS) is 26.4. The molecular weight excluding hydrogens is 234 g/mol. The van der Waals surface area contributed by atoms with Crippen LogP contribution in [0.15, 0.2) is 24.3 Å². The Kier molecular flexibility index (Phi) is 3.91. The zero-order valence-electron chi connectivity index (χ0n) is 12.7. The van der Waals surface area contributed by atoms with Gasteiger partial charge in [0.15, 0.2) is 0 Å². The lowest BCUT2D eigenvalue weighted by atomic mass is 9.61. The zero-order chi connectivity index (χ0) is 14.1. The second kappa shape index (κ2) is 5.16. The predicted octanol–water partition coefficient (Wildman–Crippen LogP) is 4.23. The highest BCUT2D eigenvalue weighted by Crippen LogP contribution is 2.48. The molecule has 106 valence electrons. The lowest BCUT2D eigenvalue weighted by molar-refractivity contribution is 0.0977. The summed E-state index contributed by atoms with van der Waals surface area (Å²) in [5, 5.41) is 0. The van der Waals surface area contributed by atoms with Crippen LogP contribution in [0.5, 0.6) is 5.75 Å². The van der Waals surface area contributed by atoms with Crippen molar-refractivity contribution in [3.8, 4) is 5.75 Å². The Morgan fingerprint density at radius 3 is 2.16 bits per heavy atom. The van der Waals surface area contributed by atoms with Crippen LogP contribution in [-0.2, 0) is 5.54 Å². The Morgan fingerprint density at radius 2 is 1.63 bits per heavy atom. The third-order valence-corrected chi connectivity index (χ3v) is 4.57. The summed E-state index contributed by atoms with van der Waals surface area (Å²) in [4.78, 5) is 0. The van der Waals surface area contributed by atoms with Gasteiger partial charge in [0, 0.05) is 5.54 Å². The maximum atomic E-state index is 6.77. The minimum absolute atomic E-state index is 0.158. The van der Waals surface area contributed by atoms with E-state index < -0.39 is 0 Å². The van der Waals surface area contributed by atoms with Crippen molar-refractivity contribution in [3.05, 3.63) is 29.8 Å². The molecule has 0 radical (unpaired) electrons. The van der Waals surface area contributed by atoms with E-state index in [1.54, 1.807) is 0 Å². The number of hydrogen-bond donors (Lipinski definition) is 1. The Balaban J connectivity index is 2.25.